The van der Waals surface area contributed by atoms with Gasteiger partial charge in [-0.05, 0) is 56.1 Å². The second-order valence-electron chi connectivity index (χ2n) is 7.79. The highest BCUT2D eigenvalue weighted by Crippen LogP contribution is 2.36. The molecule has 1 atom stereocenters. The number of carbonyl (C=O) groups excluding carboxylic acids is 1. The highest BCUT2D eigenvalue weighted by Gasteiger charge is 2.32. The highest BCUT2D eigenvalue weighted by molar-refractivity contribution is 5.74. The highest BCUT2D eigenvalue weighted by atomic mass is 16.4. The van der Waals surface area contributed by atoms with E-state index in [0.29, 0.717) is 19.4 Å². The van der Waals surface area contributed by atoms with Crippen LogP contribution in [0.1, 0.15) is 56.6 Å². The van der Waals surface area contributed by atoms with Crippen LogP contribution in [0.15, 0.2) is 24.3 Å². The number of fused-ring (bicyclic) bond motifs is 1. The normalized spacial score (nSPS) is 28.7. The molecular weight excluding hydrogens is 316 g/mol. The molecule has 5 nitrogen and oxygen atoms in total. The van der Waals surface area contributed by atoms with E-state index in [1.807, 2.05) is 0 Å². The zero-order valence-corrected chi connectivity index (χ0v) is 14.9. The van der Waals surface area contributed by atoms with Crippen molar-refractivity contribution in [3.8, 4) is 0 Å². The minimum Gasteiger partial charge on any atom is -0.481 e. The number of nitrogens with one attached hydrogen (secondary N) is 2. The van der Waals surface area contributed by atoms with Gasteiger partial charge in [-0.25, -0.2) is 4.79 Å². The molecule has 0 radical (unpaired) electrons. The van der Waals surface area contributed by atoms with Crippen molar-refractivity contribution in [3.05, 3.63) is 35.4 Å². The van der Waals surface area contributed by atoms with Gasteiger partial charge in [0.15, 0.2) is 0 Å². The van der Waals surface area contributed by atoms with Crippen LogP contribution in [0.5, 0.6) is 0 Å². The van der Waals surface area contributed by atoms with E-state index in [9.17, 15) is 9.59 Å². The molecule has 1 saturated carbocycles. The first-order valence-corrected chi connectivity index (χ1v) is 9.33. The largest absolute Gasteiger partial charge is 0.481 e. The van der Waals surface area contributed by atoms with E-state index in [-0.39, 0.29) is 23.4 Å². The SMILES string of the molecule is CC1(CNC(=O)NC2CCC(C(=O)O)CC2)CCCc2ccccc21. The van der Waals surface area contributed by atoms with Crippen molar-refractivity contribution < 1.29 is 14.7 Å². The molecule has 25 heavy (non-hydrogen) atoms. The third kappa shape index (κ3) is 4.14. The van der Waals surface area contributed by atoms with Gasteiger partial charge in [0.25, 0.3) is 0 Å². The summed E-state index contributed by atoms with van der Waals surface area (Å²) in [6, 6.07) is 8.47. The fraction of sp³-hybridized carbons (Fsp3) is 0.600. The molecular formula is C20H28N2O3. The van der Waals surface area contributed by atoms with Gasteiger partial charge < -0.3 is 15.7 Å². The summed E-state index contributed by atoms with van der Waals surface area (Å²) in [6.07, 6.45) is 6.11. The van der Waals surface area contributed by atoms with Crippen LogP contribution in [0, 0.1) is 5.92 Å². The number of urea groups is 1. The predicted molar refractivity (Wildman–Crippen MR) is 96.6 cm³/mol. The summed E-state index contributed by atoms with van der Waals surface area (Å²) in [4.78, 5) is 23.3. The van der Waals surface area contributed by atoms with E-state index < -0.39 is 5.97 Å². The maximum atomic E-state index is 12.3. The number of aryl methyl sites for hydroxylation is 1. The first-order valence-electron chi connectivity index (χ1n) is 9.33. The molecule has 3 N–H and O–H groups in total. The Morgan fingerprint density at radius 3 is 2.64 bits per heavy atom. The number of carboxylic acids is 1. The molecule has 1 unspecified atom stereocenters. The quantitative estimate of drug-likeness (QED) is 0.785. The molecule has 0 aliphatic heterocycles. The average Bonchev–Trinajstić information content (AvgIpc) is 2.61. The third-order valence-electron chi connectivity index (χ3n) is 5.89. The second-order valence-corrected chi connectivity index (χ2v) is 7.79. The van der Waals surface area contributed by atoms with Gasteiger partial charge in [0.2, 0.25) is 0 Å². The average molecular weight is 344 g/mol. The molecule has 2 amide bonds. The number of carboxylic acid groups (broad SMARTS) is 1. The summed E-state index contributed by atoms with van der Waals surface area (Å²) in [5.41, 5.74) is 2.72. The van der Waals surface area contributed by atoms with Crippen molar-refractivity contribution in [2.75, 3.05) is 6.54 Å². The molecule has 0 aromatic heterocycles. The summed E-state index contributed by atoms with van der Waals surface area (Å²) in [7, 11) is 0. The summed E-state index contributed by atoms with van der Waals surface area (Å²) in [5.74, 6) is -0.967. The van der Waals surface area contributed by atoms with Crippen LogP contribution in [0.2, 0.25) is 0 Å². The van der Waals surface area contributed by atoms with Gasteiger partial charge in [0.1, 0.15) is 0 Å². The lowest BCUT2D eigenvalue weighted by Crippen LogP contribution is -2.48. The Bertz CT molecular complexity index is 638. The number of carbonyl (C=O) groups is 2. The number of rotatable bonds is 4. The van der Waals surface area contributed by atoms with E-state index in [4.69, 9.17) is 5.11 Å². The molecule has 1 fully saturated rings. The summed E-state index contributed by atoms with van der Waals surface area (Å²) in [6.45, 7) is 2.85. The molecule has 136 valence electrons. The smallest absolute Gasteiger partial charge is 0.315 e. The molecule has 3 rings (SSSR count). The van der Waals surface area contributed by atoms with E-state index in [1.54, 1.807) is 0 Å². The fourth-order valence-corrected chi connectivity index (χ4v) is 4.31. The van der Waals surface area contributed by atoms with Crippen LogP contribution in [-0.4, -0.2) is 29.7 Å². The Morgan fingerprint density at radius 1 is 1.20 bits per heavy atom. The number of hydrogen-bond acceptors (Lipinski definition) is 2. The Hall–Kier alpha value is -2.04. The van der Waals surface area contributed by atoms with Gasteiger partial charge in [-0.15, -0.1) is 0 Å². The van der Waals surface area contributed by atoms with Crippen LogP contribution in [0.25, 0.3) is 0 Å². The van der Waals surface area contributed by atoms with Crippen LogP contribution in [-0.2, 0) is 16.6 Å². The van der Waals surface area contributed by atoms with Crippen molar-refractivity contribution in [2.45, 2.75) is 63.3 Å². The van der Waals surface area contributed by atoms with Gasteiger partial charge in [-0.2, -0.15) is 0 Å². The molecule has 1 aromatic carbocycles. The first kappa shape index (κ1) is 17.8. The van der Waals surface area contributed by atoms with Gasteiger partial charge in [-0.1, -0.05) is 31.2 Å². The third-order valence-corrected chi connectivity index (χ3v) is 5.89. The van der Waals surface area contributed by atoms with Gasteiger partial charge in [0.05, 0.1) is 5.92 Å². The van der Waals surface area contributed by atoms with Crippen molar-refractivity contribution in [2.24, 2.45) is 5.92 Å². The summed E-state index contributed by atoms with van der Waals surface area (Å²) in [5, 5.41) is 15.1. The minimum absolute atomic E-state index is 0.0207. The van der Waals surface area contributed by atoms with Gasteiger partial charge in [0, 0.05) is 18.0 Å². The zero-order valence-electron chi connectivity index (χ0n) is 14.9. The molecule has 0 heterocycles. The maximum absolute atomic E-state index is 12.3. The summed E-state index contributed by atoms with van der Waals surface area (Å²) < 4.78 is 0. The zero-order chi connectivity index (χ0) is 17.9. The topological polar surface area (TPSA) is 78.4 Å². The molecule has 2 aliphatic carbocycles. The number of benzene rings is 1. The van der Waals surface area contributed by atoms with Crippen LogP contribution < -0.4 is 10.6 Å². The predicted octanol–water partition coefficient (Wildman–Crippen LogP) is 3.22. The minimum atomic E-state index is -0.716. The Kier molecular flexibility index (Phi) is 5.30. The molecule has 1 aromatic rings. The van der Waals surface area contributed by atoms with Gasteiger partial charge >= 0.3 is 12.0 Å². The maximum Gasteiger partial charge on any atom is 0.315 e. The Labute approximate surface area is 149 Å². The van der Waals surface area contributed by atoms with Crippen molar-refractivity contribution >= 4 is 12.0 Å². The van der Waals surface area contributed by atoms with E-state index in [2.05, 4.69) is 41.8 Å². The monoisotopic (exact) mass is 344 g/mol. The molecule has 5 heteroatoms. The molecule has 0 bridgehead atoms. The lowest BCUT2D eigenvalue weighted by atomic mass is 9.71. The fourth-order valence-electron chi connectivity index (χ4n) is 4.31. The van der Waals surface area contributed by atoms with Crippen LogP contribution >= 0.6 is 0 Å². The van der Waals surface area contributed by atoms with Crippen LogP contribution in [0.3, 0.4) is 0 Å². The van der Waals surface area contributed by atoms with E-state index in [1.165, 1.54) is 11.1 Å². The van der Waals surface area contributed by atoms with Crippen LogP contribution in [0.4, 0.5) is 4.79 Å². The van der Waals surface area contributed by atoms with Crippen molar-refractivity contribution in [1.29, 1.82) is 0 Å². The lowest BCUT2D eigenvalue weighted by Gasteiger charge is -2.36. The van der Waals surface area contributed by atoms with Crippen molar-refractivity contribution in [3.63, 3.8) is 0 Å². The van der Waals surface area contributed by atoms with Gasteiger partial charge in [-0.3, -0.25) is 4.79 Å². The van der Waals surface area contributed by atoms with E-state index in [0.717, 1.165) is 32.1 Å². The molecule has 0 saturated heterocycles. The summed E-state index contributed by atoms with van der Waals surface area (Å²) >= 11 is 0. The molecule has 2 aliphatic rings. The van der Waals surface area contributed by atoms with Crippen molar-refractivity contribution in [1.82, 2.24) is 10.6 Å². The Morgan fingerprint density at radius 2 is 1.92 bits per heavy atom. The molecule has 0 spiro atoms. The second kappa shape index (κ2) is 7.46. The first-order chi connectivity index (χ1) is 12.0. The standard InChI is InChI=1S/C20H28N2O3/c1-20(12-4-6-14-5-2-3-7-17(14)20)13-21-19(25)22-16-10-8-15(9-11-16)18(23)24/h2-3,5,7,15-16H,4,6,8-13H2,1H3,(H,23,24)(H2,21,22,25). The lowest BCUT2D eigenvalue weighted by molar-refractivity contribution is -0.142. The van der Waals surface area contributed by atoms with E-state index >= 15 is 0 Å². The number of amides is 2. The number of aliphatic carboxylic acids is 1. The Balaban J connectivity index is 1.51. The number of hydrogen-bond donors (Lipinski definition) is 3.